The molecule has 0 spiro atoms. The summed E-state index contributed by atoms with van der Waals surface area (Å²) in [5, 5.41) is 5.50. The van der Waals surface area contributed by atoms with Crippen LogP contribution in [0.25, 0.3) is 0 Å². The van der Waals surface area contributed by atoms with Crippen LogP contribution in [0.4, 0.5) is 0 Å². The van der Waals surface area contributed by atoms with Crippen molar-refractivity contribution in [2.75, 3.05) is 6.54 Å². The first-order valence-corrected chi connectivity index (χ1v) is 6.22. The molecule has 1 aromatic rings. The highest BCUT2D eigenvalue weighted by atomic mass is 35.5. The molecule has 0 saturated carbocycles. The lowest BCUT2D eigenvalue weighted by atomic mass is 10.2. The molecule has 0 bridgehead atoms. The van der Waals surface area contributed by atoms with E-state index in [1.807, 2.05) is 23.9 Å². The molecule has 14 heavy (non-hydrogen) atoms. The van der Waals surface area contributed by atoms with E-state index in [0.717, 1.165) is 16.8 Å². The predicted octanol–water partition coefficient (Wildman–Crippen LogP) is 3.45. The summed E-state index contributed by atoms with van der Waals surface area (Å²) in [6.45, 7) is 3.40. The van der Waals surface area contributed by atoms with Gasteiger partial charge in [0.25, 0.3) is 0 Å². The summed E-state index contributed by atoms with van der Waals surface area (Å²) < 4.78 is 0. The van der Waals surface area contributed by atoms with Gasteiger partial charge in [-0.05, 0) is 30.7 Å². The fourth-order valence-corrected chi connectivity index (χ4v) is 2.97. The van der Waals surface area contributed by atoms with Gasteiger partial charge in [-0.2, -0.15) is 0 Å². The first-order chi connectivity index (χ1) is 6.75. The van der Waals surface area contributed by atoms with Crippen molar-refractivity contribution in [2.45, 2.75) is 24.0 Å². The van der Waals surface area contributed by atoms with Gasteiger partial charge in [-0.15, -0.1) is 11.8 Å². The molecule has 1 aliphatic heterocycles. The highest BCUT2D eigenvalue weighted by molar-refractivity contribution is 8.00. The molecular formula is C11H14ClNS. The first-order valence-electron chi connectivity index (χ1n) is 4.90. The van der Waals surface area contributed by atoms with E-state index in [4.69, 9.17) is 11.6 Å². The number of thioether (sulfide) groups is 1. The number of hydrogen-bond donors (Lipinski definition) is 1. The van der Waals surface area contributed by atoms with Crippen LogP contribution in [0, 0.1) is 0 Å². The molecule has 0 amide bonds. The maximum Gasteiger partial charge on any atom is 0.0792 e. The molecule has 1 heterocycles. The third-order valence-electron chi connectivity index (χ3n) is 2.42. The van der Waals surface area contributed by atoms with Gasteiger partial charge in [-0.1, -0.05) is 30.7 Å². The van der Waals surface area contributed by atoms with Crippen molar-refractivity contribution in [3.8, 4) is 0 Å². The van der Waals surface area contributed by atoms with Gasteiger partial charge in [-0.3, -0.25) is 0 Å². The van der Waals surface area contributed by atoms with E-state index in [1.54, 1.807) is 0 Å². The molecule has 3 heteroatoms. The Morgan fingerprint density at radius 3 is 2.71 bits per heavy atom. The summed E-state index contributed by atoms with van der Waals surface area (Å²) in [5.41, 5.74) is 1.32. The van der Waals surface area contributed by atoms with E-state index in [-0.39, 0.29) is 0 Å². The maximum absolute atomic E-state index is 5.85. The highest BCUT2D eigenvalue weighted by Crippen LogP contribution is 2.34. The highest BCUT2D eigenvalue weighted by Gasteiger charge is 2.19. The van der Waals surface area contributed by atoms with Gasteiger partial charge in [0.05, 0.1) is 5.37 Å². The largest absolute Gasteiger partial charge is 0.302 e. The second-order valence-corrected chi connectivity index (χ2v) is 5.61. The smallest absolute Gasteiger partial charge is 0.0792 e. The van der Waals surface area contributed by atoms with Crippen molar-refractivity contribution in [3.63, 3.8) is 0 Å². The molecule has 2 rings (SSSR count). The van der Waals surface area contributed by atoms with Gasteiger partial charge in [0.2, 0.25) is 0 Å². The maximum atomic E-state index is 5.85. The molecular weight excluding hydrogens is 214 g/mol. The SMILES string of the molecule is CC1CCNC(c2ccc(Cl)cc2)S1. The van der Waals surface area contributed by atoms with Crippen LogP contribution in [0.5, 0.6) is 0 Å². The molecule has 0 aliphatic carbocycles. The molecule has 0 radical (unpaired) electrons. The number of hydrogen-bond acceptors (Lipinski definition) is 2. The molecule has 1 nitrogen and oxygen atoms in total. The average Bonchev–Trinajstić information content (AvgIpc) is 2.19. The summed E-state index contributed by atoms with van der Waals surface area (Å²) >= 11 is 7.84. The lowest BCUT2D eigenvalue weighted by Gasteiger charge is -2.28. The van der Waals surface area contributed by atoms with Gasteiger partial charge in [0.15, 0.2) is 0 Å². The molecule has 2 atom stereocenters. The minimum absolute atomic E-state index is 0.441. The van der Waals surface area contributed by atoms with Gasteiger partial charge in [-0.25, -0.2) is 0 Å². The lowest BCUT2D eigenvalue weighted by molar-refractivity contribution is 0.605. The van der Waals surface area contributed by atoms with Crippen LogP contribution >= 0.6 is 23.4 Å². The standard InChI is InChI=1S/C11H14ClNS/c1-8-6-7-13-11(14-8)9-2-4-10(12)5-3-9/h2-5,8,11,13H,6-7H2,1H3. The van der Waals surface area contributed by atoms with Crippen molar-refractivity contribution < 1.29 is 0 Å². The molecule has 1 fully saturated rings. The van der Waals surface area contributed by atoms with Gasteiger partial charge in [0, 0.05) is 10.3 Å². The monoisotopic (exact) mass is 227 g/mol. The van der Waals surface area contributed by atoms with Crippen molar-refractivity contribution in [2.24, 2.45) is 0 Å². The Bertz CT molecular complexity index is 299. The molecule has 1 N–H and O–H groups in total. The lowest BCUT2D eigenvalue weighted by Crippen LogP contribution is -2.28. The minimum Gasteiger partial charge on any atom is -0.302 e. The Labute approximate surface area is 94.2 Å². The summed E-state index contributed by atoms with van der Waals surface area (Å²) in [4.78, 5) is 0. The van der Waals surface area contributed by atoms with Gasteiger partial charge in [0.1, 0.15) is 0 Å². The number of nitrogens with one attached hydrogen (secondary N) is 1. The van der Waals surface area contributed by atoms with Crippen molar-refractivity contribution in [1.29, 1.82) is 0 Å². The van der Waals surface area contributed by atoms with Crippen LogP contribution in [-0.4, -0.2) is 11.8 Å². The molecule has 76 valence electrons. The number of halogens is 1. The van der Waals surface area contributed by atoms with E-state index in [9.17, 15) is 0 Å². The average molecular weight is 228 g/mol. The summed E-state index contributed by atoms with van der Waals surface area (Å²) in [7, 11) is 0. The Morgan fingerprint density at radius 2 is 2.07 bits per heavy atom. The summed E-state index contributed by atoms with van der Waals surface area (Å²) in [6, 6.07) is 8.12. The van der Waals surface area contributed by atoms with Crippen LogP contribution < -0.4 is 5.32 Å². The minimum atomic E-state index is 0.441. The normalized spacial score (nSPS) is 27.6. The fraction of sp³-hybridized carbons (Fsp3) is 0.455. The van der Waals surface area contributed by atoms with Crippen LogP contribution in [0.2, 0.25) is 5.02 Å². The Morgan fingerprint density at radius 1 is 1.36 bits per heavy atom. The van der Waals surface area contributed by atoms with Crippen molar-refractivity contribution in [1.82, 2.24) is 5.32 Å². The van der Waals surface area contributed by atoms with Crippen molar-refractivity contribution >= 4 is 23.4 Å². The zero-order valence-electron chi connectivity index (χ0n) is 8.16. The second kappa shape index (κ2) is 4.56. The third kappa shape index (κ3) is 2.44. The zero-order chi connectivity index (χ0) is 9.97. The van der Waals surface area contributed by atoms with Crippen LogP contribution in [0.15, 0.2) is 24.3 Å². The number of benzene rings is 1. The van der Waals surface area contributed by atoms with E-state index in [1.165, 1.54) is 12.0 Å². The molecule has 1 aliphatic rings. The van der Waals surface area contributed by atoms with E-state index >= 15 is 0 Å². The van der Waals surface area contributed by atoms with Crippen molar-refractivity contribution in [3.05, 3.63) is 34.9 Å². The van der Waals surface area contributed by atoms with Crippen LogP contribution in [0.1, 0.15) is 24.3 Å². The Balaban J connectivity index is 2.10. The summed E-state index contributed by atoms with van der Waals surface area (Å²) in [5.74, 6) is 0. The number of rotatable bonds is 1. The fourth-order valence-electron chi connectivity index (χ4n) is 1.60. The van der Waals surface area contributed by atoms with E-state index < -0.39 is 0 Å². The topological polar surface area (TPSA) is 12.0 Å². The molecule has 2 unspecified atom stereocenters. The van der Waals surface area contributed by atoms with Crippen LogP contribution in [0.3, 0.4) is 0 Å². The zero-order valence-corrected chi connectivity index (χ0v) is 9.74. The Kier molecular flexibility index (Phi) is 3.37. The van der Waals surface area contributed by atoms with E-state index in [0.29, 0.717) is 5.37 Å². The molecule has 0 aromatic heterocycles. The third-order valence-corrected chi connectivity index (χ3v) is 4.09. The molecule has 1 aromatic carbocycles. The Hall–Kier alpha value is -0.180. The van der Waals surface area contributed by atoms with E-state index in [2.05, 4.69) is 24.4 Å². The first kappa shape index (κ1) is 10.3. The quantitative estimate of drug-likeness (QED) is 0.789. The van der Waals surface area contributed by atoms with Gasteiger partial charge < -0.3 is 5.32 Å². The summed E-state index contributed by atoms with van der Waals surface area (Å²) in [6.07, 6.45) is 1.26. The molecule has 1 saturated heterocycles. The van der Waals surface area contributed by atoms with Crippen LogP contribution in [-0.2, 0) is 0 Å². The van der Waals surface area contributed by atoms with Gasteiger partial charge >= 0.3 is 0 Å². The predicted molar refractivity (Wildman–Crippen MR) is 63.9 cm³/mol. The second-order valence-electron chi connectivity index (χ2n) is 3.62.